The van der Waals surface area contributed by atoms with Gasteiger partial charge in [-0.3, -0.25) is 4.79 Å². The molecule has 176 valence electrons. The van der Waals surface area contributed by atoms with Crippen molar-refractivity contribution in [3.8, 4) is 11.5 Å². The van der Waals surface area contributed by atoms with E-state index in [4.69, 9.17) is 26.9 Å². The summed E-state index contributed by atoms with van der Waals surface area (Å²) in [6.45, 7) is 5.29. The average Bonchev–Trinajstić information content (AvgIpc) is 3.16. The second kappa shape index (κ2) is 11.8. The number of likely N-dealkylation sites (N-methyl/N-ethyl adjacent to an activating group) is 1. The summed E-state index contributed by atoms with van der Waals surface area (Å²) in [6, 6.07) is 15.0. The van der Waals surface area contributed by atoms with Gasteiger partial charge in [0, 0.05) is 12.1 Å². The van der Waals surface area contributed by atoms with Crippen molar-refractivity contribution in [1.82, 2.24) is 19.8 Å². The molecule has 33 heavy (non-hydrogen) atoms. The molecule has 1 aromatic heterocycles. The lowest BCUT2D eigenvalue weighted by Gasteiger charge is -2.17. The summed E-state index contributed by atoms with van der Waals surface area (Å²) in [6.07, 6.45) is 0. The SMILES string of the molecule is CC(C)c1ccc(OCc2nnc(SCC(=O)N(C)CCOc3ccc(Cl)cc3)n2N)cc1. The van der Waals surface area contributed by atoms with E-state index in [-0.39, 0.29) is 18.3 Å². The summed E-state index contributed by atoms with van der Waals surface area (Å²) in [4.78, 5) is 14.0. The van der Waals surface area contributed by atoms with Crippen LogP contribution in [0.15, 0.2) is 53.7 Å². The van der Waals surface area contributed by atoms with Gasteiger partial charge in [-0.2, -0.15) is 0 Å². The molecule has 3 rings (SSSR count). The monoisotopic (exact) mass is 489 g/mol. The van der Waals surface area contributed by atoms with Crippen LogP contribution in [-0.2, 0) is 11.4 Å². The van der Waals surface area contributed by atoms with Gasteiger partial charge in [-0.1, -0.05) is 49.3 Å². The van der Waals surface area contributed by atoms with Gasteiger partial charge in [0.25, 0.3) is 0 Å². The molecule has 0 aliphatic carbocycles. The Labute approximate surface area is 203 Å². The number of nitrogens with zero attached hydrogens (tertiary/aromatic N) is 4. The molecule has 8 nitrogen and oxygen atoms in total. The Hall–Kier alpha value is -2.91. The van der Waals surface area contributed by atoms with E-state index < -0.39 is 0 Å². The molecular weight excluding hydrogens is 462 g/mol. The number of halogens is 1. The number of hydrogen-bond acceptors (Lipinski definition) is 7. The van der Waals surface area contributed by atoms with E-state index in [9.17, 15) is 4.79 Å². The highest BCUT2D eigenvalue weighted by molar-refractivity contribution is 7.99. The number of aromatic nitrogens is 3. The minimum absolute atomic E-state index is 0.0641. The molecule has 2 N–H and O–H groups in total. The molecule has 0 spiro atoms. The molecule has 0 aliphatic rings. The molecule has 3 aromatic rings. The van der Waals surface area contributed by atoms with Crippen molar-refractivity contribution in [2.75, 3.05) is 31.8 Å². The van der Waals surface area contributed by atoms with Crippen LogP contribution >= 0.6 is 23.4 Å². The van der Waals surface area contributed by atoms with Crippen LogP contribution in [0.25, 0.3) is 0 Å². The van der Waals surface area contributed by atoms with Gasteiger partial charge in [0.15, 0.2) is 5.82 Å². The van der Waals surface area contributed by atoms with Gasteiger partial charge in [-0.25, -0.2) is 4.68 Å². The number of thioether (sulfide) groups is 1. The minimum atomic E-state index is -0.0641. The Kier molecular flexibility index (Phi) is 8.85. The van der Waals surface area contributed by atoms with Crippen molar-refractivity contribution in [1.29, 1.82) is 0 Å². The number of amides is 1. The molecule has 0 aliphatic heterocycles. The minimum Gasteiger partial charge on any atom is -0.492 e. The first-order valence-corrected chi connectivity index (χ1v) is 11.9. The summed E-state index contributed by atoms with van der Waals surface area (Å²) in [5.41, 5.74) is 1.24. The molecule has 0 atom stereocenters. The normalized spacial score (nSPS) is 10.9. The zero-order valence-corrected chi connectivity index (χ0v) is 20.5. The molecule has 0 unspecified atom stereocenters. The van der Waals surface area contributed by atoms with Crippen LogP contribution in [0, 0.1) is 0 Å². The molecule has 0 saturated heterocycles. The van der Waals surface area contributed by atoms with Crippen molar-refractivity contribution in [2.45, 2.75) is 31.5 Å². The van der Waals surface area contributed by atoms with E-state index in [1.165, 1.54) is 22.0 Å². The summed E-state index contributed by atoms with van der Waals surface area (Å²) in [5, 5.41) is 9.24. The highest BCUT2D eigenvalue weighted by Gasteiger charge is 2.15. The van der Waals surface area contributed by atoms with Gasteiger partial charge in [0.05, 0.1) is 12.3 Å². The third-order valence-electron chi connectivity index (χ3n) is 4.91. The maximum atomic E-state index is 12.4. The molecule has 0 bridgehead atoms. The van der Waals surface area contributed by atoms with Gasteiger partial charge in [-0.05, 0) is 47.9 Å². The van der Waals surface area contributed by atoms with Crippen molar-refractivity contribution in [3.05, 3.63) is 64.9 Å². The maximum Gasteiger partial charge on any atom is 0.232 e. The number of benzene rings is 2. The first kappa shape index (κ1) is 24.7. The van der Waals surface area contributed by atoms with E-state index in [1.54, 1.807) is 36.2 Å². The van der Waals surface area contributed by atoms with Crippen LogP contribution in [0.4, 0.5) is 0 Å². The van der Waals surface area contributed by atoms with E-state index in [0.717, 1.165) is 5.75 Å². The largest absolute Gasteiger partial charge is 0.492 e. The average molecular weight is 490 g/mol. The van der Waals surface area contributed by atoms with E-state index >= 15 is 0 Å². The van der Waals surface area contributed by atoms with Crippen molar-refractivity contribution in [3.63, 3.8) is 0 Å². The molecule has 2 aromatic carbocycles. The Morgan fingerprint density at radius 3 is 2.39 bits per heavy atom. The van der Waals surface area contributed by atoms with Crippen LogP contribution in [0.1, 0.15) is 31.2 Å². The van der Waals surface area contributed by atoms with Gasteiger partial charge >= 0.3 is 0 Å². The van der Waals surface area contributed by atoms with Crippen LogP contribution < -0.4 is 15.3 Å². The van der Waals surface area contributed by atoms with Gasteiger partial charge < -0.3 is 20.2 Å². The van der Waals surface area contributed by atoms with Crippen molar-refractivity contribution in [2.24, 2.45) is 0 Å². The third kappa shape index (κ3) is 7.30. The standard InChI is InChI=1S/C23H28ClN5O3S/c1-16(2)17-4-8-20(9-5-17)32-14-21-26-27-23(29(21)25)33-15-22(30)28(3)12-13-31-19-10-6-18(24)7-11-19/h4-11,16H,12-15,25H2,1-3H3. The lowest BCUT2D eigenvalue weighted by molar-refractivity contribution is -0.127. The van der Waals surface area contributed by atoms with Crippen LogP contribution in [-0.4, -0.2) is 51.6 Å². The molecule has 0 radical (unpaired) electrons. The molecular formula is C23H28ClN5O3S. The fraction of sp³-hybridized carbons (Fsp3) is 0.348. The van der Waals surface area contributed by atoms with Gasteiger partial charge in [0.1, 0.15) is 24.7 Å². The second-order valence-corrected chi connectivity index (χ2v) is 9.07. The van der Waals surface area contributed by atoms with Crippen LogP contribution in [0.5, 0.6) is 11.5 Å². The number of nitrogens with two attached hydrogens (primary N) is 1. The van der Waals surface area contributed by atoms with Gasteiger partial charge in [-0.15, -0.1) is 10.2 Å². The lowest BCUT2D eigenvalue weighted by atomic mass is 10.0. The number of carbonyl (C=O) groups is 1. The molecule has 0 fully saturated rings. The number of ether oxygens (including phenoxy) is 2. The van der Waals surface area contributed by atoms with Crippen LogP contribution in [0.3, 0.4) is 0 Å². The lowest BCUT2D eigenvalue weighted by Crippen LogP contribution is -2.32. The van der Waals surface area contributed by atoms with Crippen molar-refractivity contribution < 1.29 is 14.3 Å². The molecule has 10 heteroatoms. The number of nitrogen functional groups attached to an aromatic ring is 1. The highest BCUT2D eigenvalue weighted by atomic mass is 35.5. The predicted molar refractivity (Wildman–Crippen MR) is 130 cm³/mol. The number of rotatable bonds is 11. The first-order valence-electron chi connectivity index (χ1n) is 10.5. The Morgan fingerprint density at radius 1 is 1.09 bits per heavy atom. The van der Waals surface area contributed by atoms with E-state index in [2.05, 4.69) is 24.0 Å². The number of carbonyl (C=O) groups excluding carboxylic acids is 1. The predicted octanol–water partition coefficient (Wildman–Crippen LogP) is 3.98. The van der Waals surface area contributed by atoms with Crippen molar-refractivity contribution >= 4 is 29.3 Å². The third-order valence-corrected chi connectivity index (χ3v) is 6.09. The number of hydrogen-bond donors (Lipinski definition) is 1. The summed E-state index contributed by atoms with van der Waals surface area (Å²) in [7, 11) is 1.73. The Balaban J connectivity index is 1.42. The smallest absolute Gasteiger partial charge is 0.232 e. The molecule has 1 amide bonds. The second-order valence-electron chi connectivity index (χ2n) is 7.69. The summed E-state index contributed by atoms with van der Waals surface area (Å²) >= 11 is 7.08. The first-order chi connectivity index (χ1) is 15.8. The van der Waals surface area contributed by atoms with Gasteiger partial charge in [0.2, 0.25) is 11.1 Å². The highest BCUT2D eigenvalue weighted by Crippen LogP contribution is 2.20. The summed E-state index contributed by atoms with van der Waals surface area (Å²) in [5.74, 6) is 8.58. The summed E-state index contributed by atoms with van der Waals surface area (Å²) < 4.78 is 12.7. The zero-order chi connectivity index (χ0) is 23.8. The van der Waals surface area contributed by atoms with E-state index in [0.29, 0.717) is 40.8 Å². The van der Waals surface area contributed by atoms with Crippen LogP contribution in [0.2, 0.25) is 5.02 Å². The fourth-order valence-corrected chi connectivity index (χ4v) is 3.74. The zero-order valence-electron chi connectivity index (χ0n) is 18.9. The Morgan fingerprint density at radius 2 is 1.73 bits per heavy atom. The molecule has 1 heterocycles. The molecule has 0 saturated carbocycles. The van der Waals surface area contributed by atoms with E-state index in [1.807, 2.05) is 24.3 Å². The fourth-order valence-electron chi connectivity index (χ4n) is 2.79. The maximum absolute atomic E-state index is 12.4. The Bertz CT molecular complexity index is 1040. The quantitative estimate of drug-likeness (QED) is 0.321. The topological polar surface area (TPSA) is 95.5 Å².